The maximum atomic E-state index is 11.3. The van der Waals surface area contributed by atoms with Crippen molar-refractivity contribution in [1.29, 1.82) is 0 Å². The second kappa shape index (κ2) is 4.41. The predicted molar refractivity (Wildman–Crippen MR) is 51.8 cm³/mol. The van der Waals surface area contributed by atoms with Crippen LogP contribution in [0.2, 0.25) is 0 Å². The number of hydrogen-bond donors (Lipinski definition) is 1. The molecule has 4 nitrogen and oxygen atoms in total. The van der Waals surface area contributed by atoms with Crippen LogP contribution in [0.25, 0.3) is 0 Å². The molecule has 1 rings (SSSR count). The van der Waals surface area contributed by atoms with E-state index < -0.39 is 5.97 Å². The van der Waals surface area contributed by atoms with Crippen molar-refractivity contribution < 1.29 is 14.7 Å². The molecule has 0 amide bonds. The molecular weight excluding hydrogens is 182 g/mol. The number of carbonyl (C=O) groups is 1. The first kappa shape index (κ1) is 10.2. The van der Waals surface area contributed by atoms with Crippen molar-refractivity contribution in [2.45, 2.75) is 6.92 Å². The van der Waals surface area contributed by atoms with E-state index in [1.165, 1.54) is 7.11 Å². The van der Waals surface area contributed by atoms with Crippen LogP contribution >= 0.6 is 0 Å². The van der Waals surface area contributed by atoms with Gasteiger partial charge in [0.15, 0.2) is 0 Å². The minimum absolute atomic E-state index is 0.381. The summed E-state index contributed by atoms with van der Waals surface area (Å²) in [7, 11) is 1.31. The van der Waals surface area contributed by atoms with Crippen LogP contribution in [0.4, 0.5) is 0 Å². The minimum Gasteiger partial charge on any atom is -0.465 e. The quantitative estimate of drug-likeness (QED) is 0.336. The number of methoxy groups -OCH3 is 1. The number of hydrogen-bond acceptors (Lipinski definition) is 4. The van der Waals surface area contributed by atoms with Gasteiger partial charge in [-0.2, -0.15) is 0 Å². The molecule has 0 aliphatic carbocycles. The highest BCUT2D eigenvalue weighted by Gasteiger charge is 2.12. The van der Waals surface area contributed by atoms with Crippen LogP contribution < -0.4 is 0 Å². The van der Waals surface area contributed by atoms with Gasteiger partial charge in [-0.1, -0.05) is 23.4 Å². The van der Waals surface area contributed by atoms with E-state index in [1.807, 2.05) is 0 Å². The molecule has 0 aliphatic rings. The Morgan fingerprint density at radius 2 is 1.93 bits per heavy atom. The second-order valence-corrected chi connectivity index (χ2v) is 2.72. The Hall–Kier alpha value is -1.84. The smallest absolute Gasteiger partial charge is 0.338 e. The van der Waals surface area contributed by atoms with Crippen molar-refractivity contribution in [2.24, 2.45) is 5.16 Å². The van der Waals surface area contributed by atoms with Gasteiger partial charge in [0.05, 0.1) is 18.4 Å². The molecular formula is C10H11NO3. The van der Waals surface area contributed by atoms with Gasteiger partial charge >= 0.3 is 5.97 Å². The Balaban J connectivity index is 3.23. The van der Waals surface area contributed by atoms with Crippen molar-refractivity contribution in [2.75, 3.05) is 7.11 Å². The number of nitrogens with zero attached hydrogens (tertiary/aromatic N) is 1. The summed E-state index contributed by atoms with van der Waals surface area (Å²) in [5.74, 6) is -0.441. The van der Waals surface area contributed by atoms with Crippen molar-refractivity contribution in [3.63, 3.8) is 0 Å². The van der Waals surface area contributed by atoms with Gasteiger partial charge in [0.2, 0.25) is 0 Å². The third kappa shape index (κ3) is 1.90. The Bertz CT molecular complexity index is 371. The van der Waals surface area contributed by atoms with Gasteiger partial charge in [-0.15, -0.1) is 0 Å². The molecule has 0 radical (unpaired) electrons. The van der Waals surface area contributed by atoms with Crippen LogP contribution in [0.3, 0.4) is 0 Å². The van der Waals surface area contributed by atoms with Gasteiger partial charge in [0, 0.05) is 5.56 Å². The summed E-state index contributed by atoms with van der Waals surface area (Å²) in [4.78, 5) is 11.3. The van der Waals surface area contributed by atoms with E-state index in [9.17, 15) is 4.79 Å². The zero-order valence-electron chi connectivity index (χ0n) is 8.02. The zero-order valence-corrected chi connectivity index (χ0v) is 8.02. The van der Waals surface area contributed by atoms with Crippen LogP contribution in [0.15, 0.2) is 29.4 Å². The van der Waals surface area contributed by atoms with Gasteiger partial charge in [0.25, 0.3) is 0 Å². The summed E-state index contributed by atoms with van der Waals surface area (Å²) in [6.07, 6.45) is 0. The molecule has 0 fully saturated rings. The summed E-state index contributed by atoms with van der Waals surface area (Å²) in [5, 5.41) is 11.6. The first-order valence-electron chi connectivity index (χ1n) is 4.07. The first-order valence-corrected chi connectivity index (χ1v) is 4.07. The third-order valence-electron chi connectivity index (χ3n) is 1.87. The largest absolute Gasteiger partial charge is 0.465 e. The van der Waals surface area contributed by atoms with Gasteiger partial charge in [-0.3, -0.25) is 0 Å². The molecule has 0 bridgehead atoms. The van der Waals surface area contributed by atoms with E-state index in [4.69, 9.17) is 5.21 Å². The van der Waals surface area contributed by atoms with Crippen LogP contribution in [-0.2, 0) is 4.74 Å². The summed E-state index contributed by atoms with van der Waals surface area (Å²) < 4.78 is 4.60. The molecule has 0 spiro atoms. The predicted octanol–water partition coefficient (Wildman–Crippen LogP) is 1.67. The van der Waals surface area contributed by atoms with Crippen LogP contribution in [-0.4, -0.2) is 24.0 Å². The lowest BCUT2D eigenvalue weighted by molar-refractivity contribution is 0.0600. The van der Waals surface area contributed by atoms with E-state index in [0.717, 1.165) is 0 Å². The fourth-order valence-corrected chi connectivity index (χ4v) is 1.14. The van der Waals surface area contributed by atoms with Gasteiger partial charge < -0.3 is 9.94 Å². The molecule has 0 saturated carbocycles. The molecule has 14 heavy (non-hydrogen) atoms. The third-order valence-corrected chi connectivity index (χ3v) is 1.87. The van der Waals surface area contributed by atoms with E-state index >= 15 is 0 Å². The van der Waals surface area contributed by atoms with E-state index in [0.29, 0.717) is 16.8 Å². The highest BCUT2D eigenvalue weighted by Crippen LogP contribution is 2.11. The van der Waals surface area contributed by atoms with E-state index in [1.54, 1.807) is 31.2 Å². The van der Waals surface area contributed by atoms with Crippen molar-refractivity contribution in [3.05, 3.63) is 35.4 Å². The lowest BCUT2D eigenvalue weighted by Gasteiger charge is -2.05. The average Bonchev–Trinajstić information content (AvgIpc) is 2.27. The summed E-state index contributed by atoms with van der Waals surface area (Å²) >= 11 is 0. The van der Waals surface area contributed by atoms with Gasteiger partial charge in [-0.25, -0.2) is 4.79 Å². The molecule has 1 aromatic carbocycles. The van der Waals surface area contributed by atoms with Gasteiger partial charge in [0.1, 0.15) is 0 Å². The topological polar surface area (TPSA) is 58.9 Å². The molecule has 1 N–H and O–H groups in total. The molecule has 0 aromatic heterocycles. The SMILES string of the molecule is COC(=O)c1ccccc1/C(C)=N/O. The monoisotopic (exact) mass is 193 g/mol. The van der Waals surface area contributed by atoms with Gasteiger partial charge in [-0.05, 0) is 13.0 Å². The fraction of sp³-hybridized carbons (Fsp3) is 0.200. The molecule has 0 saturated heterocycles. The lowest BCUT2D eigenvalue weighted by Crippen LogP contribution is -2.08. The van der Waals surface area contributed by atoms with Crippen molar-refractivity contribution in [3.8, 4) is 0 Å². The van der Waals surface area contributed by atoms with Crippen molar-refractivity contribution in [1.82, 2.24) is 0 Å². The number of benzene rings is 1. The first-order chi connectivity index (χ1) is 6.70. The Morgan fingerprint density at radius 1 is 1.36 bits per heavy atom. The number of carbonyl (C=O) groups excluding carboxylic acids is 1. The van der Waals surface area contributed by atoms with E-state index in [-0.39, 0.29) is 0 Å². The summed E-state index contributed by atoms with van der Waals surface area (Å²) in [6, 6.07) is 6.80. The Kier molecular flexibility index (Phi) is 3.23. The second-order valence-electron chi connectivity index (χ2n) is 2.72. The number of oxime groups is 1. The average molecular weight is 193 g/mol. The highest BCUT2D eigenvalue weighted by atomic mass is 16.5. The molecule has 1 aromatic rings. The van der Waals surface area contributed by atoms with Crippen LogP contribution in [0.5, 0.6) is 0 Å². The molecule has 0 unspecified atom stereocenters. The molecule has 74 valence electrons. The van der Waals surface area contributed by atoms with Crippen LogP contribution in [0.1, 0.15) is 22.8 Å². The number of ether oxygens (including phenoxy) is 1. The zero-order chi connectivity index (χ0) is 10.6. The molecule has 0 aliphatic heterocycles. The number of esters is 1. The fourth-order valence-electron chi connectivity index (χ4n) is 1.14. The van der Waals surface area contributed by atoms with Crippen molar-refractivity contribution >= 4 is 11.7 Å². The summed E-state index contributed by atoms with van der Waals surface area (Å²) in [5.41, 5.74) is 1.35. The minimum atomic E-state index is -0.441. The molecule has 4 heteroatoms. The lowest BCUT2D eigenvalue weighted by atomic mass is 10.0. The number of rotatable bonds is 2. The molecule has 0 heterocycles. The highest BCUT2D eigenvalue weighted by molar-refractivity contribution is 6.07. The normalized spacial score (nSPS) is 11.1. The molecule has 0 atom stereocenters. The standard InChI is InChI=1S/C10H11NO3/c1-7(11-13)8-5-3-4-6-9(8)10(12)14-2/h3-6,13H,1-2H3/b11-7+. The maximum absolute atomic E-state index is 11.3. The summed E-state index contributed by atoms with van der Waals surface area (Å²) in [6.45, 7) is 1.61. The Labute approximate surface area is 81.8 Å². The van der Waals surface area contributed by atoms with E-state index in [2.05, 4.69) is 9.89 Å². The van der Waals surface area contributed by atoms with Crippen LogP contribution in [0, 0.1) is 0 Å². The Morgan fingerprint density at radius 3 is 2.43 bits per heavy atom. The maximum Gasteiger partial charge on any atom is 0.338 e.